The zero-order chi connectivity index (χ0) is 111. The lowest BCUT2D eigenvalue weighted by molar-refractivity contribution is -0.143. The fraction of sp³-hybridized carbons (Fsp3) is 0.607. The van der Waals surface area contributed by atoms with Gasteiger partial charge in [0.15, 0.2) is 0 Å². The number of aliphatic hydroxyl groups excluding tert-OH is 6. The number of carbonyl (C=O) groups is 23. The van der Waals surface area contributed by atoms with Crippen LogP contribution in [0.1, 0.15) is 138 Å². The molecule has 19 atom stereocenters. The summed E-state index contributed by atoms with van der Waals surface area (Å²) in [5.41, 5.74) is 22.5. The molecule has 0 bridgehead atoms. The number of carboxylic acids is 1. The molecule has 0 radical (unpaired) electrons. The predicted molar refractivity (Wildman–Crippen MR) is 515 cm³/mol. The number of aliphatic hydroxyl groups is 6. The first-order valence-corrected chi connectivity index (χ1v) is 47.2. The van der Waals surface area contributed by atoms with Gasteiger partial charge in [-0.15, -0.1) is 0 Å². The Balaban J connectivity index is 1.73. The van der Waals surface area contributed by atoms with Gasteiger partial charge in [-0.25, -0.2) is 19.2 Å². The quantitative estimate of drug-likeness (QED) is 0.0274. The number of primary amides is 3. The van der Waals surface area contributed by atoms with Gasteiger partial charge in [-0.1, -0.05) is 65.8 Å². The van der Waals surface area contributed by atoms with Gasteiger partial charge in [0.25, 0.3) is 0 Å². The van der Waals surface area contributed by atoms with E-state index in [9.17, 15) is 156 Å². The van der Waals surface area contributed by atoms with Gasteiger partial charge >= 0.3 is 24.1 Å². The van der Waals surface area contributed by atoms with Crippen LogP contribution in [0.4, 0.5) is 14.4 Å². The Morgan fingerprint density at radius 1 is 0.347 bits per heavy atom. The lowest BCUT2D eigenvalue weighted by Crippen LogP contribution is -2.62. The van der Waals surface area contributed by atoms with Crippen LogP contribution in [0.25, 0.3) is 0 Å². The summed E-state index contributed by atoms with van der Waals surface area (Å²) >= 11 is 0. The zero-order valence-electron chi connectivity index (χ0n) is 83.0. The molecule has 820 valence electrons. The number of nitrogens with one attached hydrogen (secondary N) is 21. The van der Waals surface area contributed by atoms with Crippen molar-refractivity contribution in [1.29, 1.82) is 0 Å². The minimum Gasteiger partial charge on any atom is -0.508 e. The average Bonchev–Trinajstić information content (AvgIpc) is 1.69. The number of amides is 25. The molecule has 58 heteroatoms. The minimum absolute atomic E-state index is 0.00634. The van der Waals surface area contributed by atoms with Gasteiger partial charge in [-0.05, 0) is 145 Å². The summed E-state index contributed by atoms with van der Waals surface area (Å²) in [4.78, 5) is 309. The summed E-state index contributed by atoms with van der Waals surface area (Å²) in [5, 5.41) is 140. The molecule has 1 aliphatic heterocycles. The highest BCUT2D eigenvalue weighted by molar-refractivity contribution is 6.02. The third kappa shape index (κ3) is 45.0. The highest BCUT2D eigenvalue weighted by Crippen LogP contribution is 2.21. The van der Waals surface area contributed by atoms with Gasteiger partial charge in [0.2, 0.25) is 112 Å². The van der Waals surface area contributed by atoms with Gasteiger partial charge in [-0.2, -0.15) is 0 Å². The number of carboxylic acid groups (broad SMARTS) is 1. The van der Waals surface area contributed by atoms with Gasteiger partial charge in [-0.3, -0.25) is 91.1 Å². The monoisotopic (exact) mass is 2090 g/mol. The number of likely N-dealkylation sites (tertiary alicyclic amines) is 1. The normalized spacial score (nSPS) is 15.8. The molecule has 0 aromatic heterocycles. The van der Waals surface area contributed by atoms with Crippen LogP contribution in [0.2, 0.25) is 0 Å². The van der Waals surface area contributed by atoms with Gasteiger partial charge < -0.3 is 185 Å². The molecular formula is C89H142N26O32. The number of phenolic OH excluding ortho intramolecular Hbond substituents is 2. The summed E-state index contributed by atoms with van der Waals surface area (Å²) in [6, 6.07) is -21.1. The van der Waals surface area contributed by atoms with E-state index in [1.807, 2.05) is 0 Å². The molecule has 0 unspecified atom stereocenters. The average molecular weight is 2090 g/mol. The maximum atomic E-state index is 14.3. The van der Waals surface area contributed by atoms with Crippen LogP contribution >= 0.6 is 0 Å². The number of hydrogen-bond acceptors (Lipinski definition) is 32. The van der Waals surface area contributed by atoms with Crippen molar-refractivity contribution in [2.75, 3.05) is 72.3 Å². The van der Waals surface area contributed by atoms with E-state index in [0.29, 0.717) is 11.1 Å². The smallest absolute Gasteiger partial charge is 0.328 e. The van der Waals surface area contributed by atoms with Crippen LogP contribution in [-0.4, -0.2) is 374 Å². The van der Waals surface area contributed by atoms with E-state index in [-0.39, 0.29) is 108 Å². The van der Waals surface area contributed by atoms with Gasteiger partial charge in [0, 0.05) is 32.6 Å². The molecule has 0 aliphatic carbocycles. The molecule has 1 heterocycles. The minimum atomic E-state index is -2.04. The zero-order valence-corrected chi connectivity index (χ0v) is 83.0. The number of aliphatic carboxylic acids is 1. The Morgan fingerprint density at radius 3 is 1.07 bits per heavy atom. The van der Waals surface area contributed by atoms with E-state index < -0.39 is 316 Å². The second kappa shape index (κ2) is 64.0. The topological polar surface area (TPSA) is 935 Å². The maximum Gasteiger partial charge on any atom is 0.328 e. The maximum absolute atomic E-state index is 14.3. The Bertz CT molecular complexity index is 4840. The molecule has 38 N–H and O–H groups in total. The van der Waals surface area contributed by atoms with Crippen molar-refractivity contribution < 1.29 is 156 Å². The van der Waals surface area contributed by atoms with E-state index in [1.165, 1.54) is 83.1 Å². The van der Waals surface area contributed by atoms with Crippen molar-refractivity contribution in [2.45, 2.75) is 255 Å². The molecule has 25 amide bonds. The largest absolute Gasteiger partial charge is 0.508 e. The highest BCUT2D eigenvalue weighted by atomic mass is 16.4. The van der Waals surface area contributed by atoms with E-state index in [1.54, 1.807) is 13.8 Å². The number of benzene rings is 2. The Hall–Kier alpha value is -15.0. The first kappa shape index (κ1) is 126. The summed E-state index contributed by atoms with van der Waals surface area (Å²) in [6.07, 6.45) is -3.18. The highest BCUT2D eigenvalue weighted by Gasteiger charge is 2.42. The number of hydrogen-bond donors (Lipinski definition) is 34. The number of carbonyl (C=O) groups excluding carboxylic acids is 22. The summed E-state index contributed by atoms with van der Waals surface area (Å²) in [7, 11) is 0. The van der Waals surface area contributed by atoms with Gasteiger partial charge in [0.1, 0.15) is 114 Å². The molecule has 1 aliphatic rings. The lowest BCUT2D eigenvalue weighted by Gasteiger charge is -2.29. The molecule has 0 saturated carbocycles. The van der Waals surface area contributed by atoms with Crippen molar-refractivity contribution in [1.82, 2.24) is 117 Å². The molecule has 1 saturated heterocycles. The number of rotatable bonds is 64. The van der Waals surface area contributed by atoms with E-state index in [4.69, 9.17) is 22.9 Å². The molecule has 2 aromatic carbocycles. The second-order valence-electron chi connectivity index (χ2n) is 35.8. The van der Waals surface area contributed by atoms with Crippen LogP contribution in [0.5, 0.6) is 11.5 Å². The molecule has 1 fully saturated rings. The summed E-state index contributed by atoms with van der Waals surface area (Å²) in [6.45, 7) is 6.10. The first-order chi connectivity index (χ1) is 69.1. The SMILES string of the molecule is CC(C)C[C@H](NC(=O)[C@H](CCCNC(N)=O)NC(=O)[C@@H](NC(=O)[C@H](C)NC(=O)[C@H](CO)NC(=O)[C@H](CO)NC(=O)[C@H](CCCNC(N)=O)NC(=O)[C@@H](NC(=O)[C@H](C)NC(=O)[C@H](Cc1ccc(O)cc1)NC(=O)[C@@H](NC(=O)CNC(=O)CNC(=O)[C@@H]1CCCN1C(=O)[C@H](CO)NC(=O)[C@H](CO)NC(=O)[C@H](C)NC(=O)[C@@H](N)Cc1ccc(O)cc1)C(C)C)[C@@H](C)O)C(C)C)C(=O)N[C@@H](CCCNC(N)=O)C(=O)N[C@@H](CO)C(=O)O. The van der Waals surface area contributed by atoms with E-state index in [2.05, 4.69) is 112 Å². The molecule has 2 aromatic rings. The number of nitrogens with two attached hydrogens (primary N) is 4. The predicted octanol–water partition coefficient (Wildman–Crippen LogP) is -13.6. The number of nitrogens with zero attached hydrogens (tertiary/aromatic N) is 1. The molecule has 0 spiro atoms. The van der Waals surface area contributed by atoms with Crippen LogP contribution in [0.3, 0.4) is 0 Å². The van der Waals surface area contributed by atoms with Crippen molar-refractivity contribution >= 4 is 136 Å². The Labute approximate surface area is 844 Å². The third-order valence-corrected chi connectivity index (χ3v) is 22.5. The number of aromatic hydroxyl groups is 2. The fourth-order valence-electron chi connectivity index (χ4n) is 14.2. The number of urea groups is 3. The van der Waals surface area contributed by atoms with E-state index in [0.717, 1.165) is 25.7 Å². The van der Waals surface area contributed by atoms with E-state index >= 15 is 0 Å². The number of phenols is 2. The standard InChI is InChI=1S/C89H142N26O32/c1-41(2)31-56(77(134)102-53(15-11-27-94-87(91)145)75(132)111-62(40-120)86(143)144)105-73(130)54(16-12-28-95-88(92)146)103-83(140)67(43(5)6)113-70(127)45(8)101-78(135)58(36-116)109-79(136)60(38-118)108-74(131)55(17-13-29-96-89(93)147)104-84(141)68(47(10)121)114-71(128)46(9)100-76(133)57(33-49-21-25-51(123)26-22-49)106-82(139)66(42(3)4)112-65(125)35-97-64(124)34-98-81(138)63-18-14-30-115(63)85(142)61(39-119)110-80(137)59(37-117)107-69(126)44(7)99-72(129)52(90)32-48-19-23-50(122)24-20-48/h19-26,41-47,52-63,66-68,116-123H,11-18,27-40,90H2,1-10H3,(H,97,124)(H,98,138)(H,99,129)(H,100,133)(H,101,135)(H,102,134)(H,103,140)(H,104,141)(H,105,130)(H,106,139)(H,107,126)(H,108,131)(H,109,136)(H,110,137)(H,111,132)(H,112,125)(H,113,127)(H,114,128)(H,143,144)(H3,91,94,145)(H3,92,95,146)(H3,93,96,147)/t44-,45-,46-,47+,52-,53-,54-,55-,56-,57-,58-,59-,60-,61-,62-,63-,66-,67-,68-/m0/s1. The Kier molecular flexibility index (Phi) is 54.9. The van der Waals surface area contributed by atoms with Crippen molar-refractivity contribution in [3.05, 3.63) is 59.7 Å². The van der Waals surface area contributed by atoms with Crippen molar-refractivity contribution in [3.63, 3.8) is 0 Å². The van der Waals surface area contributed by atoms with Crippen molar-refractivity contribution in [2.24, 2.45) is 40.7 Å². The molecule has 58 nitrogen and oxygen atoms in total. The molecular weight excluding hydrogens is 1950 g/mol. The summed E-state index contributed by atoms with van der Waals surface area (Å²) < 4.78 is 0. The third-order valence-electron chi connectivity index (χ3n) is 22.5. The molecule has 3 rings (SSSR count). The van der Waals surface area contributed by atoms with Gasteiger partial charge in [0.05, 0.1) is 58.3 Å². The van der Waals surface area contributed by atoms with Crippen LogP contribution in [0.15, 0.2) is 48.5 Å². The second-order valence-corrected chi connectivity index (χ2v) is 35.8. The fourth-order valence-corrected chi connectivity index (χ4v) is 14.2. The van der Waals surface area contributed by atoms with Crippen LogP contribution < -0.4 is 135 Å². The Morgan fingerprint density at radius 2 is 0.667 bits per heavy atom. The van der Waals surface area contributed by atoms with Crippen LogP contribution in [0, 0.1) is 17.8 Å². The van der Waals surface area contributed by atoms with Crippen LogP contribution in [-0.2, 0) is 109 Å². The first-order valence-electron chi connectivity index (χ1n) is 47.2. The lowest BCUT2D eigenvalue weighted by atomic mass is 10.00. The van der Waals surface area contributed by atoms with Crippen molar-refractivity contribution in [3.8, 4) is 11.5 Å². The summed E-state index contributed by atoms with van der Waals surface area (Å²) in [5.74, 6) is -24.0. The molecule has 147 heavy (non-hydrogen) atoms.